The van der Waals surface area contributed by atoms with Gasteiger partial charge in [-0.2, -0.15) is 0 Å². The van der Waals surface area contributed by atoms with Gasteiger partial charge < -0.3 is 15.8 Å². The van der Waals surface area contributed by atoms with Gasteiger partial charge in [0.15, 0.2) is 0 Å². The largest absolute Gasteiger partial charge is 0.373 e. The molecule has 7 heteroatoms. The molecule has 0 aliphatic carbocycles. The number of amides is 1. The van der Waals surface area contributed by atoms with E-state index in [1.54, 1.807) is 0 Å². The van der Waals surface area contributed by atoms with Crippen molar-refractivity contribution in [2.45, 2.75) is 38.5 Å². The fourth-order valence-electron chi connectivity index (χ4n) is 2.72. The quantitative estimate of drug-likeness (QED) is 0.870. The molecule has 0 spiro atoms. The van der Waals surface area contributed by atoms with E-state index in [4.69, 9.17) is 10.5 Å². The van der Waals surface area contributed by atoms with E-state index in [0.717, 1.165) is 24.1 Å². The minimum atomic E-state index is -0.224. The summed E-state index contributed by atoms with van der Waals surface area (Å²) in [6.07, 6.45) is 4.57. The standard InChI is InChI=1S/C16H21N5O2/c1-11-5-6-14(23-11)9-21-10-15(19-20-21)12-3-2-4-13(7-12)18-16(22)8-17/h2-4,7,10-11,14H,5-6,8-9,17H2,1H3,(H,18,22)/t11-,14-/m1/s1. The zero-order valence-electron chi connectivity index (χ0n) is 13.1. The van der Waals surface area contributed by atoms with Gasteiger partial charge in [-0.3, -0.25) is 4.79 Å². The third-order valence-electron chi connectivity index (χ3n) is 3.88. The van der Waals surface area contributed by atoms with E-state index in [-0.39, 0.29) is 18.6 Å². The molecule has 1 aromatic heterocycles. The number of benzene rings is 1. The maximum absolute atomic E-state index is 11.4. The van der Waals surface area contributed by atoms with Gasteiger partial charge in [-0.1, -0.05) is 17.3 Å². The van der Waals surface area contributed by atoms with E-state index in [2.05, 4.69) is 22.6 Å². The maximum Gasteiger partial charge on any atom is 0.238 e. The van der Waals surface area contributed by atoms with Gasteiger partial charge in [-0.15, -0.1) is 5.10 Å². The molecule has 0 bridgehead atoms. The van der Waals surface area contributed by atoms with Crippen molar-refractivity contribution in [1.29, 1.82) is 0 Å². The molecule has 0 radical (unpaired) electrons. The number of rotatable bonds is 5. The predicted molar refractivity (Wildman–Crippen MR) is 86.7 cm³/mol. The second kappa shape index (κ2) is 6.89. The van der Waals surface area contributed by atoms with Crippen LogP contribution < -0.4 is 11.1 Å². The van der Waals surface area contributed by atoms with E-state index in [9.17, 15) is 4.79 Å². The molecular formula is C16H21N5O2. The molecule has 3 N–H and O–H groups in total. The second-order valence-corrected chi connectivity index (χ2v) is 5.80. The van der Waals surface area contributed by atoms with Gasteiger partial charge in [-0.25, -0.2) is 4.68 Å². The SMILES string of the molecule is C[C@@H]1CC[C@H](Cn2cc(-c3cccc(NC(=O)CN)c3)nn2)O1. The predicted octanol–water partition coefficient (Wildman–Crippen LogP) is 1.41. The van der Waals surface area contributed by atoms with Crippen LogP contribution in [0.5, 0.6) is 0 Å². The van der Waals surface area contributed by atoms with Crippen LogP contribution in [-0.4, -0.2) is 39.7 Å². The Labute approximate surface area is 134 Å². The lowest BCUT2D eigenvalue weighted by Gasteiger charge is -2.09. The summed E-state index contributed by atoms with van der Waals surface area (Å²) in [4.78, 5) is 11.4. The molecule has 7 nitrogen and oxygen atoms in total. The highest BCUT2D eigenvalue weighted by atomic mass is 16.5. The molecule has 0 unspecified atom stereocenters. The van der Waals surface area contributed by atoms with Crippen LogP contribution in [-0.2, 0) is 16.1 Å². The Hall–Kier alpha value is -2.25. The first kappa shape index (κ1) is 15.6. The van der Waals surface area contributed by atoms with Crippen LogP contribution >= 0.6 is 0 Å². The monoisotopic (exact) mass is 315 g/mol. The molecule has 2 aromatic rings. The first-order chi connectivity index (χ1) is 11.1. The Morgan fingerprint density at radius 2 is 2.35 bits per heavy atom. The third kappa shape index (κ3) is 3.94. The van der Waals surface area contributed by atoms with E-state index in [1.807, 2.05) is 35.1 Å². The van der Waals surface area contributed by atoms with Crippen molar-refractivity contribution in [2.75, 3.05) is 11.9 Å². The fraction of sp³-hybridized carbons (Fsp3) is 0.438. The zero-order valence-corrected chi connectivity index (χ0v) is 13.1. The molecule has 1 fully saturated rings. The number of anilines is 1. The Morgan fingerprint density at radius 1 is 1.48 bits per heavy atom. The Morgan fingerprint density at radius 3 is 3.09 bits per heavy atom. The smallest absolute Gasteiger partial charge is 0.238 e. The minimum Gasteiger partial charge on any atom is -0.373 e. The van der Waals surface area contributed by atoms with Crippen LogP contribution in [0.15, 0.2) is 30.5 Å². The fourth-order valence-corrected chi connectivity index (χ4v) is 2.72. The third-order valence-corrected chi connectivity index (χ3v) is 3.88. The molecule has 1 aliphatic rings. The van der Waals surface area contributed by atoms with E-state index >= 15 is 0 Å². The van der Waals surface area contributed by atoms with E-state index in [1.165, 1.54) is 0 Å². The number of hydrogen-bond donors (Lipinski definition) is 2. The van der Waals surface area contributed by atoms with Crippen LogP contribution in [0.1, 0.15) is 19.8 Å². The Balaban J connectivity index is 1.70. The summed E-state index contributed by atoms with van der Waals surface area (Å²) >= 11 is 0. The van der Waals surface area contributed by atoms with Crippen molar-refractivity contribution in [3.05, 3.63) is 30.5 Å². The van der Waals surface area contributed by atoms with Crippen molar-refractivity contribution in [1.82, 2.24) is 15.0 Å². The zero-order chi connectivity index (χ0) is 16.2. The van der Waals surface area contributed by atoms with Crippen molar-refractivity contribution in [3.8, 4) is 11.3 Å². The van der Waals surface area contributed by atoms with Gasteiger partial charge >= 0.3 is 0 Å². The first-order valence-corrected chi connectivity index (χ1v) is 7.80. The number of nitrogens with zero attached hydrogens (tertiary/aromatic N) is 3. The molecule has 1 saturated heterocycles. The Bertz CT molecular complexity index is 685. The van der Waals surface area contributed by atoms with Crippen LogP contribution in [0, 0.1) is 0 Å². The van der Waals surface area contributed by atoms with Crippen LogP contribution in [0.25, 0.3) is 11.3 Å². The number of ether oxygens (including phenoxy) is 1. The van der Waals surface area contributed by atoms with E-state index < -0.39 is 0 Å². The molecule has 3 rings (SSSR count). The van der Waals surface area contributed by atoms with Crippen molar-refractivity contribution >= 4 is 11.6 Å². The van der Waals surface area contributed by atoms with E-state index in [0.29, 0.717) is 18.3 Å². The average Bonchev–Trinajstić information content (AvgIpc) is 3.17. The highest BCUT2D eigenvalue weighted by molar-refractivity contribution is 5.92. The molecule has 0 saturated carbocycles. The average molecular weight is 315 g/mol. The summed E-state index contributed by atoms with van der Waals surface area (Å²) in [5.41, 5.74) is 7.66. The number of carbonyl (C=O) groups excluding carboxylic acids is 1. The number of nitrogens with one attached hydrogen (secondary N) is 1. The topological polar surface area (TPSA) is 95.1 Å². The normalized spacial score (nSPS) is 20.6. The highest BCUT2D eigenvalue weighted by Gasteiger charge is 2.22. The van der Waals surface area contributed by atoms with Gasteiger partial charge in [0.1, 0.15) is 5.69 Å². The number of hydrogen-bond acceptors (Lipinski definition) is 5. The maximum atomic E-state index is 11.4. The molecule has 1 amide bonds. The second-order valence-electron chi connectivity index (χ2n) is 5.80. The van der Waals surface area contributed by atoms with Gasteiger partial charge in [0.2, 0.25) is 5.91 Å². The minimum absolute atomic E-state index is 0.0414. The molecule has 122 valence electrons. The number of carbonyl (C=O) groups is 1. The Kier molecular flexibility index (Phi) is 4.68. The van der Waals surface area contributed by atoms with Gasteiger partial charge in [0.05, 0.1) is 31.5 Å². The lowest BCUT2D eigenvalue weighted by atomic mass is 10.1. The lowest BCUT2D eigenvalue weighted by Crippen LogP contribution is -2.21. The van der Waals surface area contributed by atoms with Gasteiger partial charge in [0, 0.05) is 11.3 Å². The van der Waals surface area contributed by atoms with Gasteiger partial charge in [0.25, 0.3) is 0 Å². The van der Waals surface area contributed by atoms with Crippen LogP contribution in [0.3, 0.4) is 0 Å². The number of nitrogens with two attached hydrogens (primary N) is 1. The molecular weight excluding hydrogens is 294 g/mol. The summed E-state index contributed by atoms with van der Waals surface area (Å²) in [5, 5.41) is 11.1. The van der Waals surface area contributed by atoms with Gasteiger partial charge in [-0.05, 0) is 31.9 Å². The summed E-state index contributed by atoms with van der Waals surface area (Å²) in [5.74, 6) is -0.224. The van der Waals surface area contributed by atoms with Crippen molar-refractivity contribution in [3.63, 3.8) is 0 Å². The highest BCUT2D eigenvalue weighted by Crippen LogP contribution is 2.23. The lowest BCUT2D eigenvalue weighted by molar-refractivity contribution is -0.114. The summed E-state index contributed by atoms with van der Waals surface area (Å²) in [6.45, 7) is 2.76. The number of aromatic nitrogens is 3. The first-order valence-electron chi connectivity index (χ1n) is 7.80. The van der Waals surface area contributed by atoms with Crippen LogP contribution in [0.2, 0.25) is 0 Å². The molecule has 23 heavy (non-hydrogen) atoms. The molecule has 1 aromatic carbocycles. The van der Waals surface area contributed by atoms with Crippen molar-refractivity contribution in [2.24, 2.45) is 5.73 Å². The summed E-state index contributed by atoms with van der Waals surface area (Å²) in [7, 11) is 0. The summed E-state index contributed by atoms with van der Waals surface area (Å²) in [6, 6.07) is 7.47. The van der Waals surface area contributed by atoms with Crippen LogP contribution in [0.4, 0.5) is 5.69 Å². The van der Waals surface area contributed by atoms with Crippen molar-refractivity contribution < 1.29 is 9.53 Å². The molecule has 2 heterocycles. The summed E-state index contributed by atoms with van der Waals surface area (Å²) < 4.78 is 7.62. The molecule has 1 aliphatic heterocycles. The molecule has 2 atom stereocenters.